The lowest BCUT2D eigenvalue weighted by molar-refractivity contribution is -0.115. The van der Waals surface area contributed by atoms with Crippen LogP contribution in [0, 0.1) is 0 Å². The number of likely N-dealkylation sites (tertiary alicyclic amines) is 1. The summed E-state index contributed by atoms with van der Waals surface area (Å²) < 4.78 is 16.5. The fourth-order valence-electron chi connectivity index (χ4n) is 4.33. The highest BCUT2D eigenvalue weighted by Crippen LogP contribution is 2.31. The van der Waals surface area contributed by atoms with Crippen molar-refractivity contribution in [1.29, 1.82) is 0 Å². The molecule has 1 aliphatic rings. The molecular formula is C28H35N3O4S. The number of carbonyl (C=O) groups is 1. The number of anilines is 1. The molecule has 4 rings (SSSR count). The van der Waals surface area contributed by atoms with E-state index in [-0.39, 0.29) is 12.3 Å². The summed E-state index contributed by atoms with van der Waals surface area (Å²) in [5, 5.41) is 3.46. The molecule has 0 spiro atoms. The van der Waals surface area contributed by atoms with Gasteiger partial charge in [0.2, 0.25) is 5.91 Å². The maximum absolute atomic E-state index is 12.5. The van der Waals surface area contributed by atoms with Gasteiger partial charge in [-0.15, -0.1) is 0 Å². The number of unbranched alkanes of at least 4 members (excludes halogenated alkanes) is 1. The van der Waals surface area contributed by atoms with E-state index in [4.69, 9.17) is 14.2 Å². The topological polar surface area (TPSA) is 72.9 Å². The molecule has 1 amide bonds. The Labute approximate surface area is 217 Å². The van der Waals surface area contributed by atoms with Gasteiger partial charge in [0.1, 0.15) is 5.75 Å². The number of nitrogens with one attached hydrogen (secondary N) is 1. The fourth-order valence-corrected chi connectivity index (χ4v) is 5.17. The Kier molecular flexibility index (Phi) is 9.58. The summed E-state index contributed by atoms with van der Waals surface area (Å²) in [6, 6.07) is 13.5. The number of hydrogen-bond donors (Lipinski definition) is 1. The van der Waals surface area contributed by atoms with Crippen molar-refractivity contribution in [1.82, 2.24) is 9.88 Å². The highest BCUT2D eigenvalue weighted by molar-refractivity contribution is 7.19. The average molecular weight is 510 g/mol. The minimum Gasteiger partial charge on any atom is -0.494 e. The fraction of sp³-hybridized carbons (Fsp3) is 0.429. The van der Waals surface area contributed by atoms with Gasteiger partial charge in [0, 0.05) is 6.20 Å². The SMILES string of the molecule is COc1ccc(CC(=O)Nc2ncc(-c3ccc(OCCCCN4CCCCC4)cc3)s2)cc1OC. The van der Waals surface area contributed by atoms with Crippen LogP contribution in [0.2, 0.25) is 0 Å². The van der Waals surface area contributed by atoms with Crippen molar-refractivity contribution in [3.8, 4) is 27.7 Å². The largest absolute Gasteiger partial charge is 0.494 e. The molecule has 2 aromatic carbocycles. The Bertz CT molecular complexity index is 1110. The summed E-state index contributed by atoms with van der Waals surface area (Å²) in [4.78, 5) is 20.5. The second-order valence-corrected chi connectivity index (χ2v) is 9.96. The molecular weight excluding hydrogens is 474 g/mol. The number of aromatic nitrogens is 1. The van der Waals surface area contributed by atoms with E-state index in [9.17, 15) is 4.79 Å². The number of nitrogens with zero attached hydrogens (tertiary/aromatic N) is 2. The van der Waals surface area contributed by atoms with Crippen LogP contribution in [-0.2, 0) is 11.2 Å². The first-order chi connectivity index (χ1) is 17.6. The summed E-state index contributed by atoms with van der Waals surface area (Å²) in [6.07, 6.45) is 8.32. The lowest BCUT2D eigenvalue weighted by atomic mass is 10.1. The van der Waals surface area contributed by atoms with Crippen LogP contribution >= 0.6 is 11.3 Å². The first-order valence-corrected chi connectivity index (χ1v) is 13.4. The second-order valence-electron chi connectivity index (χ2n) is 8.93. The summed E-state index contributed by atoms with van der Waals surface area (Å²) in [6.45, 7) is 4.43. The normalized spacial score (nSPS) is 13.8. The maximum Gasteiger partial charge on any atom is 0.230 e. The monoisotopic (exact) mass is 509 g/mol. The molecule has 1 aromatic heterocycles. The standard InChI is InChI=1S/C28H35N3O4S/c1-33-24-13-8-21(18-25(24)34-2)19-27(32)30-28-29-20-26(36-28)22-9-11-23(12-10-22)35-17-7-6-16-31-14-4-3-5-15-31/h8-13,18,20H,3-7,14-17,19H2,1-2H3,(H,29,30,32). The van der Waals surface area contributed by atoms with Crippen molar-refractivity contribution in [2.24, 2.45) is 0 Å². The van der Waals surface area contributed by atoms with Crippen molar-refractivity contribution in [2.75, 3.05) is 45.8 Å². The van der Waals surface area contributed by atoms with E-state index in [2.05, 4.69) is 15.2 Å². The van der Waals surface area contributed by atoms with Crippen molar-refractivity contribution < 1.29 is 19.0 Å². The van der Waals surface area contributed by atoms with Gasteiger partial charge < -0.3 is 24.4 Å². The van der Waals surface area contributed by atoms with Gasteiger partial charge in [-0.2, -0.15) is 0 Å². The van der Waals surface area contributed by atoms with E-state index < -0.39 is 0 Å². The summed E-state index contributed by atoms with van der Waals surface area (Å²) >= 11 is 1.45. The summed E-state index contributed by atoms with van der Waals surface area (Å²) in [5.41, 5.74) is 1.88. The minimum atomic E-state index is -0.132. The molecule has 2 heterocycles. The average Bonchev–Trinajstić information content (AvgIpc) is 3.37. The van der Waals surface area contributed by atoms with Crippen molar-refractivity contribution in [3.63, 3.8) is 0 Å². The summed E-state index contributed by atoms with van der Waals surface area (Å²) in [7, 11) is 3.16. The van der Waals surface area contributed by atoms with E-state index >= 15 is 0 Å². The number of thiazole rings is 1. The van der Waals surface area contributed by atoms with Gasteiger partial charge in [-0.25, -0.2) is 4.98 Å². The van der Waals surface area contributed by atoms with Gasteiger partial charge in [-0.05, 0) is 92.8 Å². The molecule has 0 unspecified atom stereocenters. The third-order valence-corrected chi connectivity index (χ3v) is 7.25. The molecule has 0 aliphatic carbocycles. The van der Waals surface area contributed by atoms with E-state index in [0.717, 1.165) is 34.8 Å². The highest BCUT2D eigenvalue weighted by Gasteiger charge is 2.12. The Hall–Kier alpha value is -3.10. The van der Waals surface area contributed by atoms with Crippen LogP contribution < -0.4 is 19.5 Å². The van der Waals surface area contributed by atoms with Crippen LogP contribution in [-0.4, -0.2) is 56.3 Å². The van der Waals surface area contributed by atoms with E-state index in [1.165, 1.54) is 56.7 Å². The number of rotatable bonds is 12. The van der Waals surface area contributed by atoms with Crippen LogP contribution in [0.1, 0.15) is 37.7 Å². The van der Waals surface area contributed by atoms with Crippen molar-refractivity contribution in [2.45, 2.75) is 38.5 Å². The van der Waals surface area contributed by atoms with E-state index in [0.29, 0.717) is 16.6 Å². The third-order valence-electron chi connectivity index (χ3n) is 6.29. The van der Waals surface area contributed by atoms with Gasteiger partial charge in [0.25, 0.3) is 0 Å². The number of amides is 1. The number of piperidine rings is 1. The molecule has 1 N–H and O–H groups in total. The zero-order valence-electron chi connectivity index (χ0n) is 21.1. The molecule has 0 atom stereocenters. The lowest BCUT2D eigenvalue weighted by Crippen LogP contribution is -2.30. The van der Waals surface area contributed by atoms with Gasteiger partial charge in [0.05, 0.1) is 32.1 Å². The van der Waals surface area contributed by atoms with Gasteiger partial charge in [0.15, 0.2) is 16.6 Å². The first-order valence-electron chi connectivity index (χ1n) is 12.6. The number of methoxy groups -OCH3 is 2. The number of carbonyl (C=O) groups excluding carboxylic acids is 1. The number of benzene rings is 2. The molecule has 0 radical (unpaired) electrons. The third kappa shape index (κ3) is 7.45. The van der Waals surface area contributed by atoms with Crippen LogP contribution in [0.25, 0.3) is 10.4 Å². The zero-order chi connectivity index (χ0) is 25.2. The van der Waals surface area contributed by atoms with Crippen molar-refractivity contribution in [3.05, 3.63) is 54.2 Å². The Morgan fingerprint density at radius 1 is 1.00 bits per heavy atom. The second kappa shape index (κ2) is 13.3. The zero-order valence-corrected chi connectivity index (χ0v) is 21.9. The maximum atomic E-state index is 12.5. The first kappa shape index (κ1) is 26.0. The molecule has 1 fully saturated rings. The Morgan fingerprint density at radius 2 is 1.78 bits per heavy atom. The Morgan fingerprint density at radius 3 is 2.53 bits per heavy atom. The minimum absolute atomic E-state index is 0.132. The molecule has 0 saturated carbocycles. The number of ether oxygens (including phenoxy) is 3. The molecule has 36 heavy (non-hydrogen) atoms. The van der Waals surface area contributed by atoms with Crippen LogP contribution in [0.5, 0.6) is 17.2 Å². The smallest absolute Gasteiger partial charge is 0.230 e. The molecule has 1 saturated heterocycles. The van der Waals surface area contributed by atoms with Crippen LogP contribution in [0.15, 0.2) is 48.7 Å². The van der Waals surface area contributed by atoms with Crippen molar-refractivity contribution >= 4 is 22.4 Å². The molecule has 3 aromatic rings. The van der Waals surface area contributed by atoms with Gasteiger partial charge in [-0.1, -0.05) is 23.8 Å². The highest BCUT2D eigenvalue weighted by atomic mass is 32.1. The Balaban J connectivity index is 1.22. The molecule has 8 heteroatoms. The lowest BCUT2D eigenvalue weighted by Gasteiger charge is -2.26. The van der Waals surface area contributed by atoms with Crippen LogP contribution in [0.4, 0.5) is 5.13 Å². The molecule has 7 nitrogen and oxygen atoms in total. The molecule has 0 bridgehead atoms. The van der Waals surface area contributed by atoms with E-state index in [1.54, 1.807) is 26.5 Å². The quantitative estimate of drug-likeness (QED) is 0.318. The van der Waals surface area contributed by atoms with Crippen LogP contribution in [0.3, 0.4) is 0 Å². The van der Waals surface area contributed by atoms with Gasteiger partial charge >= 0.3 is 0 Å². The number of hydrogen-bond acceptors (Lipinski definition) is 7. The molecule has 192 valence electrons. The predicted octanol–water partition coefficient (Wildman–Crippen LogP) is 5.65. The molecule has 1 aliphatic heterocycles. The predicted molar refractivity (Wildman–Crippen MR) is 144 cm³/mol. The van der Waals surface area contributed by atoms with Gasteiger partial charge in [-0.3, -0.25) is 4.79 Å². The van der Waals surface area contributed by atoms with E-state index in [1.807, 2.05) is 36.4 Å². The summed E-state index contributed by atoms with van der Waals surface area (Å²) in [5.74, 6) is 1.98.